The molecule has 1 N–H and O–H groups in total. The molecule has 0 fully saturated rings. The number of ether oxygens (including phenoxy) is 1. The average Bonchev–Trinajstić information content (AvgIpc) is 3.21. The van der Waals surface area contributed by atoms with Gasteiger partial charge in [-0.2, -0.15) is 5.10 Å². The standard InChI is InChI=1S/C19H25N3O2/c1-12(2)22-11-16(10-20-22)13(3)21-14(4)18-9-15-7-6-8-17(23-5)19(15)24-18/h6-14,21H,1-5H3/t13-,14+/m0/s1. The van der Waals surface area contributed by atoms with Gasteiger partial charge in [-0.1, -0.05) is 12.1 Å². The van der Waals surface area contributed by atoms with Gasteiger partial charge in [-0.05, 0) is 39.8 Å². The highest BCUT2D eigenvalue weighted by Gasteiger charge is 2.17. The predicted molar refractivity (Wildman–Crippen MR) is 95.3 cm³/mol. The molecule has 5 nitrogen and oxygen atoms in total. The quantitative estimate of drug-likeness (QED) is 0.717. The van der Waals surface area contributed by atoms with E-state index < -0.39 is 0 Å². The summed E-state index contributed by atoms with van der Waals surface area (Å²) < 4.78 is 13.4. The van der Waals surface area contributed by atoms with Gasteiger partial charge in [-0.25, -0.2) is 0 Å². The number of methoxy groups -OCH3 is 1. The Morgan fingerprint density at radius 2 is 1.96 bits per heavy atom. The Labute approximate surface area is 142 Å². The summed E-state index contributed by atoms with van der Waals surface area (Å²) in [6.45, 7) is 8.49. The lowest BCUT2D eigenvalue weighted by Crippen LogP contribution is -2.21. The summed E-state index contributed by atoms with van der Waals surface area (Å²) in [5, 5.41) is 9.04. The van der Waals surface area contributed by atoms with E-state index >= 15 is 0 Å². The maximum atomic E-state index is 6.02. The van der Waals surface area contributed by atoms with Crippen LogP contribution < -0.4 is 10.1 Å². The highest BCUT2D eigenvalue weighted by atomic mass is 16.5. The van der Waals surface area contributed by atoms with Crippen molar-refractivity contribution in [3.05, 3.63) is 48.0 Å². The molecule has 5 heteroatoms. The number of hydrogen-bond acceptors (Lipinski definition) is 4. The summed E-state index contributed by atoms with van der Waals surface area (Å²) in [4.78, 5) is 0. The third-order valence-corrected chi connectivity index (χ3v) is 4.32. The van der Waals surface area contributed by atoms with Crippen LogP contribution in [0.2, 0.25) is 0 Å². The fraction of sp³-hybridized carbons (Fsp3) is 0.421. The van der Waals surface area contributed by atoms with Crippen LogP contribution in [0, 0.1) is 0 Å². The van der Waals surface area contributed by atoms with Gasteiger partial charge in [-0.15, -0.1) is 0 Å². The Balaban J connectivity index is 1.77. The van der Waals surface area contributed by atoms with Gasteiger partial charge in [-0.3, -0.25) is 4.68 Å². The third kappa shape index (κ3) is 3.17. The Kier molecular flexibility index (Phi) is 4.62. The Morgan fingerprint density at radius 1 is 1.17 bits per heavy atom. The van der Waals surface area contributed by atoms with E-state index in [0.717, 1.165) is 22.5 Å². The maximum absolute atomic E-state index is 6.02. The van der Waals surface area contributed by atoms with Crippen molar-refractivity contribution >= 4 is 11.0 Å². The number of nitrogens with zero attached hydrogens (tertiary/aromatic N) is 2. The summed E-state index contributed by atoms with van der Waals surface area (Å²) in [5.74, 6) is 1.66. The first-order valence-corrected chi connectivity index (χ1v) is 8.36. The molecular formula is C19H25N3O2. The predicted octanol–water partition coefficient (Wildman–Crippen LogP) is 4.63. The van der Waals surface area contributed by atoms with Crippen molar-refractivity contribution in [3.8, 4) is 5.75 Å². The van der Waals surface area contributed by atoms with E-state index in [1.165, 1.54) is 5.56 Å². The summed E-state index contributed by atoms with van der Waals surface area (Å²) >= 11 is 0. The molecule has 2 aromatic heterocycles. The van der Waals surface area contributed by atoms with Crippen LogP contribution in [-0.2, 0) is 0 Å². The lowest BCUT2D eigenvalue weighted by molar-refractivity contribution is 0.391. The van der Waals surface area contributed by atoms with Crippen LogP contribution in [0.5, 0.6) is 5.75 Å². The second-order valence-electron chi connectivity index (χ2n) is 6.48. The van der Waals surface area contributed by atoms with Gasteiger partial charge in [0.15, 0.2) is 11.3 Å². The minimum absolute atomic E-state index is 0.0829. The molecule has 1 aromatic carbocycles. The normalized spacial score (nSPS) is 14.2. The van der Waals surface area contributed by atoms with Crippen molar-refractivity contribution in [1.29, 1.82) is 0 Å². The van der Waals surface area contributed by atoms with E-state index in [0.29, 0.717) is 6.04 Å². The van der Waals surface area contributed by atoms with Crippen LogP contribution in [-0.4, -0.2) is 16.9 Å². The van der Waals surface area contributed by atoms with Gasteiger partial charge in [0, 0.05) is 29.2 Å². The van der Waals surface area contributed by atoms with E-state index in [1.807, 2.05) is 29.1 Å². The molecule has 0 amide bonds. The van der Waals surface area contributed by atoms with Crippen LogP contribution in [0.25, 0.3) is 11.0 Å². The molecular weight excluding hydrogens is 302 g/mol. The topological polar surface area (TPSA) is 52.2 Å². The molecule has 0 spiro atoms. The van der Waals surface area contributed by atoms with E-state index in [9.17, 15) is 0 Å². The second-order valence-corrected chi connectivity index (χ2v) is 6.48. The lowest BCUT2D eigenvalue weighted by Gasteiger charge is -2.17. The molecule has 24 heavy (non-hydrogen) atoms. The zero-order valence-corrected chi connectivity index (χ0v) is 14.9. The van der Waals surface area contributed by atoms with Gasteiger partial charge in [0.1, 0.15) is 5.76 Å². The van der Waals surface area contributed by atoms with Crippen LogP contribution in [0.15, 0.2) is 41.1 Å². The average molecular weight is 327 g/mol. The third-order valence-electron chi connectivity index (χ3n) is 4.32. The monoisotopic (exact) mass is 327 g/mol. The molecule has 0 saturated carbocycles. The van der Waals surface area contributed by atoms with Crippen molar-refractivity contribution in [2.75, 3.05) is 7.11 Å². The van der Waals surface area contributed by atoms with Crippen molar-refractivity contribution < 1.29 is 9.15 Å². The number of fused-ring (bicyclic) bond motifs is 1. The summed E-state index contributed by atoms with van der Waals surface area (Å²) in [7, 11) is 1.66. The van der Waals surface area contributed by atoms with Gasteiger partial charge in [0.25, 0.3) is 0 Å². The van der Waals surface area contributed by atoms with Gasteiger partial charge in [0.05, 0.1) is 19.3 Å². The van der Waals surface area contributed by atoms with Crippen molar-refractivity contribution in [3.63, 3.8) is 0 Å². The molecule has 0 saturated heterocycles. The Morgan fingerprint density at radius 3 is 2.62 bits per heavy atom. The largest absolute Gasteiger partial charge is 0.493 e. The number of benzene rings is 1. The van der Waals surface area contributed by atoms with Gasteiger partial charge in [0.2, 0.25) is 0 Å². The molecule has 3 aromatic rings. The van der Waals surface area contributed by atoms with Crippen LogP contribution in [0.4, 0.5) is 0 Å². The van der Waals surface area contributed by atoms with Crippen LogP contribution in [0.1, 0.15) is 57.1 Å². The van der Waals surface area contributed by atoms with Crippen molar-refractivity contribution in [1.82, 2.24) is 15.1 Å². The summed E-state index contributed by atoms with van der Waals surface area (Å²) in [6, 6.07) is 8.62. The van der Waals surface area contributed by atoms with E-state index in [4.69, 9.17) is 9.15 Å². The second kappa shape index (κ2) is 6.69. The van der Waals surface area contributed by atoms with Crippen LogP contribution in [0.3, 0.4) is 0 Å². The lowest BCUT2D eigenvalue weighted by atomic mass is 10.1. The van der Waals surface area contributed by atoms with Gasteiger partial charge >= 0.3 is 0 Å². The smallest absolute Gasteiger partial charge is 0.176 e. The minimum Gasteiger partial charge on any atom is -0.493 e. The van der Waals surface area contributed by atoms with E-state index in [-0.39, 0.29) is 12.1 Å². The summed E-state index contributed by atoms with van der Waals surface area (Å²) in [6.07, 6.45) is 4.02. The first-order valence-electron chi connectivity index (χ1n) is 8.36. The SMILES string of the molecule is COc1cccc2cc([C@@H](C)N[C@@H](C)c3cnn(C(C)C)c3)oc12. The Bertz CT molecular complexity index is 819. The number of nitrogens with one attached hydrogen (secondary N) is 1. The molecule has 0 unspecified atom stereocenters. The first kappa shape index (κ1) is 16.6. The maximum Gasteiger partial charge on any atom is 0.176 e. The molecule has 0 bridgehead atoms. The summed E-state index contributed by atoms with van der Waals surface area (Å²) in [5.41, 5.74) is 1.97. The number of hydrogen-bond donors (Lipinski definition) is 1. The Hall–Kier alpha value is -2.27. The molecule has 0 radical (unpaired) electrons. The highest BCUT2D eigenvalue weighted by molar-refractivity contribution is 5.83. The van der Waals surface area contributed by atoms with E-state index in [2.05, 4.69) is 50.4 Å². The number of para-hydroxylation sites is 1. The molecule has 2 atom stereocenters. The van der Waals surface area contributed by atoms with E-state index in [1.54, 1.807) is 7.11 Å². The molecule has 2 heterocycles. The zero-order valence-electron chi connectivity index (χ0n) is 14.9. The molecule has 0 aliphatic carbocycles. The molecule has 0 aliphatic rings. The fourth-order valence-electron chi connectivity index (χ4n) is 2.84. The van der Waals surface area contributed by atoms with Gasteiger partial charge < -0.3 is 14.5 Å². The van der Waals surface area contributed by atoms with Crippen LogP contribution >= 0.6 is 0 Å². The molecule has 3 rings (SSSR count). The molecule has 0 aliphatic heterocycles. The number of aromatic nitrogens is 2. The minimum atomic E-state index is 0.0829. The van der Waals surface area contributed by atoms with Crippen molar-refractivity contribution in [2.45, 2.75) is 45.8 Å². The number of furan rings is 1. The number of rotatable bonds is 6. The highest BCUT2D eigenvalue weighted by Crippen LogP contribution is 2.31. The van der Waals surface area contributed by atoms with Crippen molar-refractivity contribution in [2.24, 2.45) is 0 Å². The zero-order chi connectivity index (χ0) is 17.3. The first-order chi connectivity index (χ1) is 11.5. The molecule has 128 valence electrons. The fourth-order valence-corrected chi connectivity index (χ4v) is 2.84.